The van der Waals surface area contributed by atoms with Gasteiger partial charge < -0.3 is 15.0 Å². The summed E-state index contributed by atoms with van der Waals surface area (Å²) < 4.78 is 19.2. The van der Waals surface area contributed by atoms with Crippen LogP contribution in [-0.4, -0.2) is 53.4 Å². The number of rotatable bonds is 2. The fraction of sp³-hybridized carbons (Fsp3) is 0.333. The van der Waals surface area contributed by atoms with Gasteiger partial charge in [0.15, 0.2) is 0 Å². The Kier molecular flexibility index (Phi) is 4.50. The highest BCUT2D eigenvalue weighted by Crippen LogP contribution is 2.43. The van der Waals surface area contributed by atoms with Gasteiger partial charge >= 0.3 is 6.03 Å². The first-order chi connectivity index (χ1) is 16.3. The highest BCUT2D eigenvalue weighted by Gasteiger charge is 2.52. The van der Waals surface area contributed by atoms with Gasteiger partial charge in [0, 0.05) is 36.3 Å². The Bertz CT molecular complexity index is 1270. The predicted octanol–water partition coefficient (Wildman–Crippen LogP) is 1.95. The molecule has 2 fully saturated rings. The molecule has 0 saturated carbocycles. The molecule has 2 N–H and O–H groups in total. The Hall–Kier alpha value is -3.79. The number of hydrogen-bond acceptors (Lipinski definition) is 5. The number of halogens is 1. The van der Waals surface area contributed by atoms with Gasteiger partial charge in [-0.3, -0.25) is 24.6 Å². The Labute approximate surface area is 193 Å². The van der Waals surface area contributed by atoms with Crippen LogP contribution < -0.4 is 15.5 Å². The lowest BCUT2D eigenvalue weighted by atomic mass is 9.92. The second-order valence-corrected chi connectivity index (χ2v) is 9.20. The lowest BCUT2D eigenvalue weighted by molar-refractivity contribution is -0.136. The highest BCUT2D eigenvalue weighted by atomic mass is 19.1. The molecule has 4 heterocycles. The number of benzene rings is 2. The Morgan fingerprint density at radius 1 is 1.12 bits per heavy atom. The van der Waals surface area contributed by atoms with E-state index < -0.39 is 17.5 Å². The fourth-order valence-corrected chi connectivity index (χ4v) is 5.33. The van der Waals surface area contributed by atoms with E-state index in [2.05, 4.69) is 10.6 Å². The quantitative estimate of drug-likeness (QED) is 0.661. The van der Waals surface area contributed by atoms with E-state index in [1.54, 1.807) is 29.2 Å². The average Bonchev–Trinajstić information content (AvgIpc) is 3.28. The molecule has 2 saturated heterocycles. The van der Waals surface area contributed by atoms with Crippen molar-refractivity contribution in [1.82, 2.24) is 10.2 Å². The third kappa shape index (κ3) is 3.09. The van der Waals surface area contributed by atoms with Gasteiger partial charge in [0.2, 0.25) is 11.8 Å². The molecule has 9 nitrogen and oxygen atoms in total. The lowest BCUT2D eigenvalue weighted by Gasteiger charge is -2.45. The largest absolute Gasteiger partial charge is 0.376 e. The van der Waals surface area contributed by atoms with Gasteiger partial charge in [-0.05, 0) is 53.9 Å². The Balaban J connectivity index is 1.23. The van der Waals surface area contributed by atoms with Crippen LogP contribution in [0.15, 0.2) is 36.4 Å². The predicted molar refractivity (Wildman–Crippen MR) is 118 cm³/mol. The number of carbonyl (C=O) groups excluding carboxylic acids is 4. The van der Waals surface area contributed by atoms with Crippen molar-refractivity contribution in [3.05, 3.63) is 58.9 Å². The summed E-state index contributed by atoms with van der Waals surface area (Å²) in [6, 6.07) is 8.34. The maximum absolute atomic E-state index is 13.8. The van der Waals surface area contributed by atoms with Crippen LogP contribution in [0.2, 0.25) is 0 Å². The topological polar surface area (TPSA) is 108 Å². The van der Waals surface area contributed by atoms with E-state index in [-0.39, 0.29) is 43.0 Å². The van der Waals surface area contributed by atoms with E-state index in [9.17, 15) is 23.6 Å². The summed E-state index contributed by atoms with van der Waals surface area (Å²) in [6.45, 7) is 0.959. The number of hydrogen-bond donors (Lipinski definition) is 2. The Morgan fingerprint density at radius 2 is 1.94 bits per heavy atom. The van der Waals surface area contributed by atoms with Crippen molar-refractivity contribution >= 4 is 35.1 Å². The Morgan fingerprint density at radius 3 is 2.68 bits per heavy atom. The number of piperidine rings is 1. The van der Waals surface area contributed by atoms with E-state index in [0.29, 0.717) is 42.1 Å². The molecule has 10 heteroatoms. The van der Waals surface area contributed by atoms with Crippen molar-refractivity contribution in [3.8, 4) is 0 Å². The number of anilines is 2. The highest BCUT2D eigenvalue weighted by molar-refractivity contribution is 6.07. The second-order valence-electron chi connectivity index (χ2n) is 9.20. The molecule has 0 aromatic heterocycles. The number of fused-ring (bicyclic) bond motifs is 2. The number of urea groups is 1. The van der Waals surface area contributed by atoms with E-state index in [1.807, 2.05) is 0 Å². The summed E-state index contributed by atoms with van der Waals surface area (Å²) in [6.07, 6.45) is 0.991. The normalized spacial score (nSPS) is 22.4. The first kappa shape index (κ1) is 20.8. The van der Waals surface area contributed by atoms with Crippen LogP contribution in [0.25, 0.3) is 0 Å². The van der Waals surface area contributed by atoms with Crippen LogP contribution in [0.4, 0.5) is 20.6 Å². The molecule has 6 rings (SSSR count). The van der Waals surface area contributed by atoms with E-state index in [0.717, 1.165) is 5.56 Å². The number of nitrogens with one attached hydrogen (secondary N) is 2. The summed E-state index contributed by atoms with van der Waals surface area (Å²) in [5.74, 6) is -1.43. The molecular weight excluding hydrogens is 443 g/mol. The minimum absolute atomic E-state index is 0.185. The summed E-state index contributed by atoms with van der Waals surface area (Å²) >= 11 is 0. The molecule has 2 aromatic carbocycles. The molecule has 174 valence electrons. The second kappa shape index (κ2) is 7.36. The van der Waals surface area contributed by atoms with Crippen LogP contribution in [0, 0.1) is 5.82 Å². The van der Waals surface area contributed by atoms with Gasteiger partial charge in [0.05, 0.1) is 13.2 Å². The van der Waals surface area contributed by atoms with Crippen molar-refractivity contribution in [3.63, 3.8) is 0 Å². The first-order valence-corrected chi connectivity index (χ1v) is 11.1. The van der Waals surface area contributed by atoms with Gasteiger partial charge in [0.25, 0.3) is 5.91 Å². The maximum Gasteiger partial charge on any atom is 0.327 e. The van der Waals surface area contributed by atoms with Crippen LogP contribution >= 0.6 is 0 Å². The zero-order valence-corrected chi connectivity index (χ0v) is 18.1. The van der Waals surface area contributed by atoms with Gasteiger partial charge in [0.1, 0.15) is 17.4 Å². The maximum atomic E-state index is 13.8. The third-order valence-electron chi connectivity index (χ3n) is 7.00. The number of carbonyl (C=O) groups is 4. The summed E-state index contributed by atoms with van der Waals surface area (Å²) in [7, 11) is 0. The standard InChI is InChI=1S/C24H21FN4O5/c25-15-1-4-18-13(7-15)9-24(11-34-12-24)29(18)23(33)26-16-2-3-17-14(8-16)10-28(22(17)32)19-5-6-20(30)27-21(19)31/h1-4,7-8,19H,5-6,9-12H2,(H,26,33)(H,27,30,31). The monoisotopic (exact) mass is 464 g/mol. The molecule has 0 bridgehead atoms. The number of ether oxygens (including phenoxy) is 1. The molecule has 4 aliphatic heterocycles. The smallest absolute Gasteiger partial charge is 0.327 e. The van der Waals surface area contributed by atoms with Crippen molar-refractivity contribution < 1.29 is 28.3 Å². The van der Waals surface area contributed by atoms with Crippen LogP contribution in [0.5, 0.6) is 0 Å². The van der Waals surface area contributed by atoms with E-state index in [4.69, 9.17) is 4.74 Å². The van der Waals surface area contributed by atoms with Gasteiger partial charge in [-0.2, -0.15) is 0 Å². The van der Waals surface area contributed by atoms with Crippen molar-refractivity contribution in [2.75, 3.05) is 23.4 Å². The molecule has 34 heavy (non-hydrogen) atoms. The number of imide groups is 1. The lowest BCUT2D eigenvalue weighted by Crippen LogP contribution is -2.63. The van der Waals surface area contributed by atoms with Crippen molar-refractivity contribution in [1.29, 1.82) is 0 Å². The van der Waals surface area contributed by atoms with Gasteiger partial charge in [-0.25, -0.2) is 9.18 Å². The summed E-state index contributed by atoms with van der Waals surface area (Å²) in [5.41, 5.74) is 2.55. The molecule has 0 radical (unpaired) electrons. The van der Waals surface area contributed by atoms with Gasteiger partial charge in [-0.15, -0.1) is 0 Å². The fourth-order valence-electron chi connectivity index (χ4n) is 5.33. The molecule has 2 aromatic rings. The molecule has 0 aliphatic carbocycles. The van der Waals surface area contributed by atoms with Crippen LogP contribution in [0.1, 0.15) is 34.3 Å². The number of nitrogens with zero attached hydrogens (tertiary/aromatic N) is 2. The minimum atomic E-state index is -0.699. The molecule has 1 unspecified atom stereocenters. The summed E-state index contributed by atoms with van der Waals surface area (Å²) in [5, 5.41) is 5.18. The molecule has 5 amide bonds. The molecular formula is C24H21FN4O5. The molecule has 1 atom stereocenters. The summed E-state index contributed by atoms with van der Waals surface area (Å²) in [4.78, 5) is 53.0. The van der Waals surface area contributed by atoms with Crippen LogP contribution in [0.3, 0.4) is 0 Å². The zero-order valence-electron chi connectivity index (χ0n) is 18.1. The van der Waals surface area contributed by atoms with Gasteiger partial charge in [-0.1, -0.05) is 0 Å². The van der Waals surface area contributed by atoms with E-state index >= 15 is 0 Å². The first-order valence-electron chi connectivity index (χ1n) is 11.1. The minimum Gasteiger partial charge on any atom is -0.376 e. The van der Waals surface area contributed by atoms with Crippen molar-refractivity contribution in [2.24, 2.45) is 0 Å². The zero-order chi connectivity index (χ0) is 23.6. The molecule has 1 spiro atoms. The number of amides is 5. The van der Waals surface area contributed by atoms with E-state index in [1.165, 1.54) is 17.0 Å². The SMILES string of the molecule is O=C1CCC(N2Cc3cc(NC(=O)N4c5ccc(F)cc5CC45COC5)ccc3C2=O)C(=O)N1. The third-order valence-corrected chi connectivity index (χ3v) is 7.00. The van der Waals surface area contributed by atoms with Crippen LogP contribution in [-0.2, 0) is 27.3 Å². The average molecular weight is 464 g/mol. The molecule has 4 aliphatic rings. The van der Waals surface area contributed by atoms with Crippen molar-refractivity contribution in [2.45, 2.75) is 37.4 Å².